The molecule has 0 bridgehead atoms. The topological polar surface area (TPSA) is 0 Å². The molecule has 0 radical (unpaired) electrons. The molecule has 0 aliphatic carbocycles. The summed E-state index contributed by atoms with van der Waals surface area (Å²) in [7, 11) is 0. The van der Waals surface area contributed by atoms with Crippen LogP contribution >= 0.6 is 0 Å². The van der Waals surface area contributed by atoms with Gasteiger partial charge in [-0.3, -0.25) is 0 Å². The maximum atomic E-state index is 2.26. The van der Waals surface area contributed by atoms with Crippen molar-refractivity contribution in [2.24, 2.45) is 0 Å². The minimum absolute atomic E-state index is 0.455. The predicted molar refractivity (Wildman–Crippen MR) is 165 cm³/mol. The molecule has 0 aliphatic rings. The predicted octanol–water partition coefficient (Wildman–Crippen LogP) is 8.31. The monoisotopic (exact) mass is 586 g/mol. The molecule has 0 unspecified atom stereocenters. The van der Waals surface area contributed by atoms with Gasteiger partial charge in [-0.05, 0) is 27.7 Å². The van der Waals surface area contributed by atoms with E-state index in [9.17, 15) is 0 Å². The molecule has 0 saturated heterocycles. The van der Waals surface area contributed by atoms with E-state index < -0.39 is 5.43 Å². The molecule has 0 saturated carbocycles. The Morgan fingerprint density at radius 1 is 0.500 bits per heavy atom. The Balaban J connectivity index is 0.000000133. The molecule has 38 heavy (non-hydrogen) atoms. The SMILES string of the molecule is Cc1cc2c(C)c(C)ccc2[cH-]1.Cc1cc2c(C)c(C)ccc2[cH-]1.[Zr+2]=[Si](c1ccccc1)c1ccccc1. The summed E-state index contributed by atoms with van der Waals surface area (Å²) >= 11 is 1.64. The Morgan fingerprint density at radius 2 is 0.868 bits per heavy atom. The Hall–Kier alpha value is -2.80. The van der Waals surface area contributed by atoms with Gasteiger partial charge < -0.3 is 0 Å². The van der Waals surface area contributed by atoms with E-state index in [1.165, 1.54) is 65.3 Å². The summed E-state index contributed by atoms with van der Waals surface area (Å²) in [5.41, 5.74) is 7.86. The van der Waals surface area contributed by atoms with Gasteiger partial charge >= 0.3 is 99.8 Å². The Kier molecular flexibility index (Phi) is 9.53. The van der Waals surface area contributed by atoms with Crippen molar-refractivity contribution in [1.82, 2.24) is 0 Å². The molecular formula is C36H36SiZr. The minimum atomic E-state index is -0.455. The van der Waals surface area contributed by atoms with Gasteiger partial charge in [-0.25, -0.2) is 0 Å². The van der Waals surface area contributed by atoms with E-state index in [0.717, 1.165) is 0 Å². The summed E-state index contributed by atoms with van der Waals surface area (Å²) in [5.74, 6) is 0. The van der Waals surface area contributed by atoms with Crippen LogP contribution in [0.15, 0.2) is 109 Å². The molecule has 2 heteroatoms. The molecule has 0 heterocycles. The fourth-order valence-electron chi connectivity index (χ4n) is 4.76. The van der Waals surface area contributed by atoms with E-state index in [1.807, 2.05) is 0 Å². The second-order valence-electron chi connectivity index (χ2n) is 10.2. The average Bonchev–Trinajstić information content (AvgIpc) is 3.52. The molecular weight excluding hydrogens is 552 g/mol. The van der Waals surface area contributed by atoms with Crippen molar-refractivity contribution in [1.29, 1.82) is 0 Å². The second-order valence-corrected chi connectivity index (χ2v) is 15.8. The maximum absolute atomic E-state index is 2.26. The van der Waals surface area contributed by atoms with Crippen LogP contribution in [-0.4, -0.2) is 5.43 Å². The quantitative estimate of drug-likeness (QED) is 0.141. The molecule has 0 aliphatic heterocycles. The zero-order valence-corrected chi connectivity index (χ0v) is 26.9. The molecule has 0 atom stereocenters. The second kappa shape index (κ2) is 12.8. The molecule has 0 nitrogen and oxygen atoms in total. The molecule has 6 aromatic rings. The molecule has 0 amide bonds. The number of hydrogen-bond acceptors (Lipinski definition) is 0. The Morgan fingerprint density at radius 3 is 1.24 bits per heavy atom. The van der Waals surface area contributed by atoms with Gasteiger partial charge in [-0.2, -0.15) is 12.1 Å². The summed E-state index contributed by atoms with van der Waals surface area (Å²) in [5, 5.41) is 8.59. The van der Waals surface area contributed by atoms with Gasteiger partial charge in [-0.1, -0.05) is 36.1 Å². The van der Waals surface area contributed by atoms with Crippen molar-refractivity contribution in [3.8, 4) is 0 Å². The normalized spacial score (nSPS) is 10.5. The van der Waals surface area contributed by atoms with E-state index in [2.05, 4.69) is 151 Å². The van der Waals surface area contributed by atoms with Crippen molar-refractivity contribution in [2.45, 2.75) is 41.5 Å². The van der Waals surface area contributed by atoms with Gasteiger partial charge in [0.15, 0.2) is 0 Å². The van der Waals surface area contributed by atoms with Gasteiger partial charge in [0.05, 0.1) is 0 Å². The zero-order valence-electron chi connectivity index (χ0n) is 23.4. The number of benzene rings is 4. The molecule has 6 aromatic carbocycles. The molecule has 0 aromatic heterocycles. The first-order valence-corrected chi connectivity index (χ1v) is 18.4. The average molecular weight is 588 g/mol. The van der Waals surface area contributed by atoms with Gasteiger partial charge in [0.25, 0.3) is 0 Å². The standard InChI is InChI=1S/C12H10Si.2C12H13.Zr/c1-3-7-11(8-4-1)13-12-9-5-2-6-10-12;2*1-8-6-11-5-4-9(2)10(3)12(11)7-8;/h1-10H;2*4-7H,1-3H3;/q;2*-1;+2. The van der Waals surface area contributed by atoms with Crippen LogP contribution in [0.2, 0.25) is 0 Å². The van der Waals surface area contributed by atoms with Crippen LogP contribution in [0, 0.1) is 41.5 Å². The fourth-order valence-corrected chi connectivity index (χ4v) is 8.60. The summed E-state index contributed by atoms with van der Waals surface area (Å²) in [6.45, 7) is 13.0. The molecule has 188 valence electrons. The zero-order chi connectivity index (χ0) is 27.2. The van der Waals surface area contributed by atoms with Crippen molar-refractivity contribution >= 4 is 37.4 Å². The van der Waals surface area contributed by atoms with Gasteiger partial charge in [-0.15, -0.1) is 69.1 Å². The van der Waals surface area contributed by atoms with E-state index in [4.69, 9.17) is 0 Å². The van der Waals surface area contributed by atoms with E-state index >= 15 is 0 Å². The van der Waals surface area contributed by atoms with Crippen molar-refractivity contribution in [2.75, 3.05) is 0 Å². The summed E-state index contributed by atoms with van der Waals surface area (Å²) in [6, 6.07) is 39.5. The first kappa shape index (κ1) is 28.2. The Bertz CT molecular complexity index is 1540. The van der Waals surface area contributed by atoms with Crippen LogP contribution in [0.1, 0.15) is 33.4 Å². The van der Waals surface area contributed by atoms with Crippen LogP contribution < -0.4 is 10.4 Å². The fraction of sp³-hybridized carbons (Fsp3) is 0.167. The Labute approximate surface area is 243 Å². The number of hydrogen-bond donors (Lipinski definition) is 0. The van der Waals surface area contributed by atoms with Gasteiger partial charge in [0, 0.05) is 0 Å². The van der Waals surface area contributed by atoms with E-state index in [1.54, 1.807) is 23.3 Å². The third-order valence-electron chi connectivity index (χ3n) is 7.27. The van der Waals surface area contributed by atoms with Crippen LogP contribution in [0.25, 0.3) is 21.5 Å². The van der Waals surface area contributed by atoms with E-state index in [-0.39, 0.29) is 0 Å². The van der Waals surface area contributed by atoms with Crippen molar-refractivity contribution in [3.63, 3.8) is 0 Å². The number of aryl methyl sites for hydroxylation is 6. The molecule has 0 spiro atoms. The first-order valence-electron chi connectivity index (χ1n) is 13.2. The summed E-state index contributed by atoms with van der Waals surface area (Å²) < 4.78 is 0. The molecule has 0 N–H and O–H groups in total. The van der Waals surface area contributed by atoms with Crippen LogP contribution in [0.3, 0.4) is 0 Å². The summed E-state index contributed by atoms with van der Waals surface area (Å²) in [6.07, 6.45) is 0. The van der Waals surface area contributed by atoms with Crippen LogP contribution in [0.5, 0.6) is 0 Å². The number of fused-ring (bicyclic) bond motifs is 2. The first-order chi connectivity index (χ1) is 18.2. The molecule has 0 fully saturated rings. The van der Waals surface area contributed by atoms with Gasteiger partial charge in [0.2, 0.25) is 0 Å². The third-order valence-corrected chi connectivity index (χ3v) is 13.4. The molecule has 6 rings (SSSR count). The number of rotatable bonds is 2. The van der Waals surface area contributed by atoms with Gasteiger partial charge in [0.1, 0.15) is 0 Å². The van der Waals surface area contributed by atoms with Crippen molar-refractivity contribution in [3.05, 3.63) is 143 Å². The third kappa shape index (κ3) is 6.79. The van der Waals surface area contributed by atoms with Crippen molar-refractivity contribution < 1.29 is 23.3 Å². The van der Waals surface area contributed by atoms with Crippen LogP contribution in [-0.2, 0) is 23.3 Å². The summed E-state index contributed by atoms with van der Waals surface area (Å²) in [4.78, 5) is 0. The van der Waals surface area contributed by atoms with E-state index in [0.29, 0.717) is 0 Å². The van der Waals surface area contributed by atoms with Crippen LogP contribution in [0.4, 0.5) is 0 Å².